The van der Waals surface area contributed by atoms with Gasteiger partial charge in [-0.05, 0) is 52.4 Å². The Morgan fingerprint density at radius 2 is 1.60 bits per heavy atom. The quantitative estimate of drug-likeness (QED) is 0.145. The summed E-state index contributed by atoms with van der Waals surface area (Å²) < 4.78 is 5.51. The number of imide groups is 2. The van der Waals surface area contributed by atoms with Gasteiger partial charge in [-0.25, -0.2) is 4.90 Å². The Bertz CT molecular complexity index is 1890. The van der Waals surface area contributed by atoms with E-state index >= 15 is 0 Å². The van der Waals surface area contributed by atoms with E-state index in [1.54, 1.807) is 6.08 Å². The van der Waals surface area contributed by atoms with Crippen LogP contribution in [0.1, 0.15) is 24.3 Å². The summed E-state index contributed by atoms with van der Waals surface area (Å²) in [5.74, 6) is -7.64. The van der Waals surface area contributed by atoms with Gasteiger partial charge in [-0.15, -0.1) is 23.2 Å². The summed E-state index contributed by atoms with van der Waals surface area (Å²) in [6.45, 7) is 0. The molecule has 2 aliphatic carbocycles. The lowest BCUT2D eigenvalue weighted by Crippen LogP contribution is -2.60. The van der Waals surface area contributed by atoms with Gasteiger partial charge in [-0.2, -0.15) is 0 Å². The molecule has 252 valence electrons. The SMILES string of the molecule is COc1cc(C2C3=CCC4C(=O)N(c5cc([N+](=O)[O-])c(N(C)C)c([N+](=O)[O-])c5)C(=O)C4C3CC3(Cl)C(=O)N(C)C(=O)C23Cl)cc(Br)c1O. The van der Waals surface area contributed by atoms with Crippen LogP contribution in [0, 0.1) is 38.0 Å². The van der Waals surface area contributed by atoms with E-state index < -0.39 is 78.3 Å². The van der Waals surface area contributed by atoms with Gasteiger partial charge in [0, 0.05) is 39.2 Å². The molecule has 2 aliphatic heterocycles. The number of carbonyl (C=O) groups is 4. The molecule has 3 fully saturated rings. The van der Waals surface area contributed by atoms with E-state index in [9.17, 15) is 44.5 Å². The Kier molecular flexibility index (Phi) is 7.80. The lowest BCUT2D eigenvalue weighted by molar-refractivity contribution is -0.392. The number of benzene rings is 2. The van der Waals surface area contributed by atoms with Gasteiger partial charge >= 0.3 is 11.4 Å². The zero-order valence-electron chi connectivity index (χ0n) is 25.6. The van der Waals surface area contributed by atoms with E-state index in [4.69, 9.17) is 27.9 Å². The smallest absolute Gasteiger partial charge is 0.301 e. The van der Waals surface area contributed by atoms with Gasteiger partial charge in [0.15, 0.2) is 26.9 Å². The first-order chi connectivity index (χ1) is 22.4. The van der Waals surface area contributed by atoms with Crippen molar-refractivity contribution in [3.05, 3.63) is 66.2 Å². The van der Waals surface area contributed by atoms with Crippen LogP contribution in [0.3, 0.4) is 0 Å². The van der Waals surface area contributed by atoms with E-state index in [0.29, 0.717) is 16.0 Å². The minimum atomic E-state index is -2.09. The number of fused-ring (bicyclic) bond motifs is 4. The topological polar surface area (TPSA) is 194 Å². The van der Waals surface area contributed by atoms with Crippen LogP contribution in [0.25, 0.3) is 0 Å². The number of allylic oxidation sites excluding steroid dienone is 2. The maximum atomic E-state index is 14.3. The van der Waals surface area contributed by atoms with Crippen molar-refractivity contribution >= 4 is 85.5 Å². The molecule has 6 unspecified atom stereocenters. The molecule has 0 bridgehead atoms. The minimum absolute atomic E-state index is 0.0176. The van der Waals surface area contributed by atoms with Crippen LogP contribution in [0.4, 0.5) is 22.7 Å². The standard InChI is InChI=1S/C30H26BrCl2N5O10/c1-34(2)23-18(37(44)45)9-13(10-19(23)38(46)47)36-25(40)15-6-5-14-16(21(15)26(36)41)11-29(32)27(42)35(3)28(43)30(29,33)22(14)12-7-17(31)24(39)20(8-12)48-4/h5,7-10,15-16,21-22,39H,6,11H2,1-4H3. The molecule has 1 N–H and O–H groups in total. The number of alkyl halides is 2. The summed E-state index contributed by atoms with van der Waals surface area (Å²) in [4.78, 5) is 76.7. The van der Waals surface area contributed by atoms with Crippen LogP contribution >= 0.6 is 39.1 Å². The number of amides is 4. The van der Waals surface area contributed by atoms with Crippen molar-refractivity contribution in [1.29, 1.82) is 0 Å². The van der Waals surface area contributed by atoms with Crippen molar-refractivity contribution in [3.63, 3.8) is 0 Å². The average Bonchev–Trinajstić information content (AvgIpc) is 3.36. The molecule has 0 spiro atoms. The van der Waals surface area contributed by atoms with Crippen LogP contribution < -0.4 is 14.5 Å². The summed E-state index contributed by atoms with van der Waals surface area (Å²) in [5.41, 5.74) is -1.29. The van der Waals surface area contributed by atoms with E-state index in [2.05, 4.69) is 15.9 Å². The highest BCUT2D eigenvalue weighted by Crippen LogP contribution is 2.66. The molecule has 6 atom stereocenters. The fraction of sp³-hybridized carbons (Fsp3) is 0.400. The number of likely N-dealkylation sites (tertiary alicyclic amines) is 1. The molecule has 2 aromatic carbocycles. The number of carbonyl (C=O) groups excluding carboxylic acids is 4. The fourth-order valence-electron chi connectivity index (χ4n) is 7.74. The largest absolute Gasteiger partial charge is 0.503 e. The number of phenols is 1. The van der Waals surface area contributed by atoms with Crippen molar-refractivity contribution < 1.29 is 38.9 Å². The number of rotatable bonds is 6. The van der Waals surface area contributed by atoms with Crippen LogP contribution in [0.15, 0.2) is 40.4 Å². The lowest BCUT2D eigenvalue weighted by Gasteiger charge is -2.50. The first-order valence-electron chi connectivity index (χ1n) is 14.4. The van der Waals surface area contributed by atoms with E-state index in [-0.39, 0.29) is 40.2 Å². The van der Waals surface area contributed by atoms with Crippen molar-refractivity contribution in [1.82, 2.24) is 4.90 Å². The molecule has 0 aromatic heterocycles. The van der Waals surface area contributed by atoms with Gasteiger partial charge in [0.05, 0.1) is 39.0 Å². The number of halogens is 3. The molecule has 6 rings (SSSR count). The number of hydrogen-bond donors (Lipinski definition) is 1. The molecule has 4 aliphatic rings. The van der Waals surface area contributed by atoms with Crippen LogP contribution in [0.5, 0.6) is 11.5 Å². The number of aromatic hydroxyl groups is 1. The number of hydrogen-bond acceptors (Lipinski definition) is 11. The molecule has 2 aromatic rings. The van der Waals surface area contributed by atoms with Gasteiger partial charge < -0.3 is 14.7 Å². The number of ether oxygens (including phenoxy) is 1. The number of anilines is 2. The highest BCUT2D eigenvalue weighted by atomic mass is 79.9. The molecule has 1 saturated carbocycles. The Balaban J connectivity index is 1.53. The van der Waals surface area contributed by atoms with E-state index in [0.717, 1.165) is 17.0 Å². The summed E-state index contributed by atoms with van der Waals surface area (Å²) in [7, 11) is 5.33. The number of nitrogens with zero attached hydrogens (tertiary/aromatic N) is 5. The zero-order chi connectivity index (χ0) is 35.4. The highest BCUT2D eigenvalue weighted by molar-refractivity contribution is 9.10. The van der Waals surface area contributed by atoms with Crippen LogP contribution in [-0.4, -0.2) is 81.5 Å². The Labute approximate surface area is 290 Å². The Morgan fingerprint density at radius 1 is 1.00 bits per heavy atom. The molecule has 0 radical (unpaired) electrons. The van der Waals surface area contributed by atoms with Crippen molar-refractivity contribution in [2.24, 2.45) is 17.8 Å². The summed E-state index contributed by atoms with van der Waals surface area (Å²) in [6, 6.07) is 4.81. The first kappa shape index (κ1) is 33.6. The molecule has 15 nitrogen and oxygen atoms in total. The predicted octanol–water partition coefficient (Wildman–Crippen LogP) is 4.24. The third kappa shape index (κ3) is 4.31. The average molecular weight is 767 g/mol. The van der Waals surface area contributed by atoms with Crippen molar-refractivity contribution in [3.8, 4) is 11.5 Å². The molecular formula is C30H26BrCl2N5O10. The summed E-state index contributed by atoms with van der Waals surface area (Å²) in [5, 5.41) is 34.6. The van der Waals surface area contributed by atoms with Crippen LogP contribution in [-0.2, 0) is 19.2 Å². The fourth-order valence-corrected chi connectivity index (χ4v) is 9.22. The molecule has 48 heavy (non-hydrogen) atoms. The van der Waals surface area contributed by atoms with E-state index in [1.807, 2.05) is 0 Å². The zero-order valence-corrected chi connectivity index (χ0v) is 28.7. The Hall–Kier alpha value is -4.28. The highest BCUT2D eigenvalue weighted by Gasteiger charge is 2.76. The third-order valence-corrected chi connectivity index (χ3v) is 11.8. The lowest BCUT2D eigenvalue weighted by atomic mass is 9.56. The van der Waals surface area contributed by atoms with E-state index in [1.165, 1.54) is 45.3 Å². The summed E-state index contributed by atoms with van der Waals surface area (Å²) in [6.07, 6.45) is 1.33. The van der Waals surface area contributed by atoms with Gasteiger partial charge in [-0.1, -0.05) is 11.6 Å². The number of methoxy groups -OCH3 is 1. The first-order valence-corrected chi connectivity index (χ1v) is 16.0. The second-order valence-corrected chi connectivity index (χ2v) is 14.4. The maximum absolute atomic E-state index is 14.3. The van der Waals surface area contributed by atoms with Crippen LogP contribution in [0.2, 0.25) is 0 Å². The molecule has 4 amide bonds. The molecule has 2 heterocycles. The van der Waals surface area contributed by atoms with Gasteiger partial charge in [0.25, 0.3) is 11.8 Å². The second kappa shape index (κ2) is 11.1. The normalized spacial score (nSPS) is 29.4. The summed E-state index contributed by atoms with van der Waals surface area (Å²) >= 11 is 17.6. The Morgan fingerprint density at radius 3 is 2.15 bits per heavy atom. The number of phenolic OH excluding ortho intramolecular Hbond substituents is 1. The molecule has 2 saturated heterocycles. The third-order valence-electron chi connectivity index (χ3n) is 9.77. The maximum Gasteiger partial charge on any atom is 0.301 e. The van der Waals surface area contributed by atoms with Crippen molar-refractivity contribution in [2.75, 3.05) is 38.1 Å². The second-order valence-electron chi connectivity index (χ2n) is 12.3. The minimum Gasteiger partial charge on any atom is -0.503 e. The number of nitro benzene ring substituents is 2. The van der Waals surface area contributed by atoms with Gasteiger partial charge in [-0.3, -0.25) is 44.3 Å². The number of nitro groups is 2. The van der Waals surface area contributed by atoms with Crippen molar-refractivity contribution in [2.45, 2.75) is 28.5 Å². The van der Waals surface area contributed by atoms with Gasteiger partial charge in [0.1, 0.15) is 0 Å². The molecule has 18 heteroatoms. The van der Waals surface area contributed by atoms with Gasteiger partial charge in [0.2, 0.25) is 11.8 Å². The molecular weight excluding hydrogens is 741 g/mol. The predicted molar refractivity (Wildman–Crippen MR) is 174 cm³/mol. The monoisotopic (exact) mass is 765 g/mol.